The number of methoxy groups -OCH3 is 3. The molecule has 0 aliphatic carbocycles. The molecule has 0 fully saturated rings. The predicted octanol–water partition coefficient (Wildman–Crippen LogP) is 4.46. The van der Waals surface area contributed by atoms with E-state index < -0.39 is 11.6 Å². The van der Waals surface area contributed by atoms with Gasteiger partial charge in [0.2, 0.25) is 0 Å². The summed E-state index contributed by atoms with van der Waals surface area (Å²) in [7, 11) is 4.67. The number of nitrogens with zero attached hydrogens (tertiary/aromatic N) is 1. The Kier molecular flexibility index (Phi) is 5.30. The van der Waals surface area contributed by atoms with Crippen molar-refractivity contribution in [3.8, 4) is 17.2 Å². The molecular weight excluding hydrogens is 354 g/mol. The number of anilines is 1. The maximum absolute atomic E-state index is 14.1. The largest absolute Gasteiger partial charge is 0.496 e. The molecule has 1 heterocycles. The van der Waals surface area contributed by atoms with Gasteiger partial charge in [-0.2, -0.15) is 0 Å². The Balaban J connectivity index is 1.99. The first-order valence-electron chi connectivity index (χ1n) is 8.26. The summed E-state index contributed by atoms with van der Waals surface area (Å²) < 4.78 is 43.7. The van der Waals surface area contributed by atoms with Gasteiger partial charge in [0.25, 0.3) is 0 Å². The van der Waals surface area contributed by atoms with Crippen LogP contribution in [-0.2, 0) is 6.54 Å². The predicted molar refractivity (Wildman–Crippen MR) is 99.8 cm³/mol. The van der Waals surface area contributed by atoms with Gasteiger partial charge in [0, 0.05) is 34.9 Å². The van der Waals surface area contributed by atoms with Gasteiger partial charge in [0.1, 0.15) is 11.3 Å². The molecule has 0 unspecified atom stereocenters. The molecule has 0 bridgehead atoms. The SMILES string of the molecule is COc1cc(OC)c(OC)cc1CNc1cc(C)nc2c(F)c(F)ccc12. The average molecular weight is 374 g/mol. The Bertz CT molecular complexity index is 993. The Hall–Kier alpha value is -3.09. The van der Waals surface area contributed by atoms with Crippen molar-refractivity contribution < 1.29 is 23.0 Å². The van der Waals surface area contributed by atoms with Crippen molar-refractivity contribution in [1.82, 2.24) is 4.98 Å². The number of rotatable bonds is 6. The maximum atomic E-state index is 14.1. The molecule has 0 amide bonds. The van der Waals surface area contributed by atoms with Crippen LogP contribution in [0, 0.1) is 18.6 Å². The van der Waals surface area contributed by atoms with E-state index >= 15 is 0 Å². The first-order valence-corrected chi connectivity index (χ1v) is 8.26. The fraction of sp³-hybridized carbons (Fsp3) is 0.250. The van der Waals surface area contributed by atoms with Crippen molar-refractivity contribution in [3.05, 3.63) is 53.2 Å². The minimum Gasteiger partial charge on any atom is -0.496 e. The molecule has 1 N–H and O–H groups in total. The lowest BCUT2D eigenvalue weighted by Crippen LogP contribution is -2.05. The molecule has 5 nitrogen and oxygen atoms in total. The number of hydrogen-bond acceptors (Lipinski definition) is 5. The van der Waals surface area contributed by atoms with E-state index in [1.807, 2.05) is 0 Å². The fourth-order valence-corrected chi connectivity index (χ4v) is 2.93. The lowest BCUT2D eigenvalue weighted by atomic mass is 10.1. The van der Waals surface area contributed by atoms with E-state index in [-0.39, 0.29) is 5.52 Å². The lowest BCUT2D eigenvalue weighted by Gasteiger charge is -2.16. The third kappa shape index (κ3) is 3.58. The van der Waals surface area contributed by atoms with Crippen LogP contribution in [0.1, 0.15) is 11.3 Å². The van der Waals surface area contributed by atoms with Gasteiger partial charge in [-0.1, -0.05) is 0 Å². The highest BCUT2D eigenvalue weighted by molar-refractivity contribution is 5.91. The van der Waals surface area contributed by atoms with E-state index in [0.717, 1.165) is 11.6 Å². The van der Waals surface area contributed by atoms with Crippen LogP contribution in [-0.4, -0.2) is 26.3 Å². The van der Waals surface area contributed by atoms with Crippen LogP contribution in [0.25, 0.3) is 10.9 Å². The Morgan fingerprint density at radius 1 is 0.926 bits per heavy atom. The molecule has 3 rings (SSSR count). The fourth-order valence-electron chi connectivity index (χ4n) is 2.93. The number of pyridine rings is 1. The van der Waals surface area contributed by atoms with E-state index in [2.05, 4.69) is 10.3 Å². The number of fused-ring (bicyclic) bond motifs is 1. The number of halogens is 2. The molecule has 2 aromatic carbocycles. The molecule has 7 heteroatoms. The Morgan fingerprint density at radius 2 is 1.59 bits per heavy atom. The molecule has 0 aliphatic rings. The van der Waals surface area contributed by atoms with Crippen LogP contribution >= 0.6 is 0 Å². The molecule has 0 saturated heterocycles. The highest BCUT2D eigenvalue weighted by Gasteiger charge is 2.15. The second-order valence-electron chi connectivity index (χ2n) is 5.94. The molecule has 3 aromatic rings. The minimum absolute atomic E-state index is 0.00298. The van der Waals surface area contributed by atoms with Crippen molar-refractivity contribution in [1.29, 1.82) is 0 Å². The van der Waals surface area contributed by atoms with Gasteiger partial charge in [-0.05, 0) is 31.2 Å². The van der Waals surface area contributed by atoms with E-state index in [1.165, 1.54) is 6.07 Å². The first-order chi connectivity index (χ1) is 13.0. The summed E-state index contributed by atoms with van der Waals surface area (Å²) in [6.45, 7) is 2.10. The maximum Gasteiger partial charge on any atom is 0.185 e. The van der Waals surface area contributed by atoms with E-state index in [1.54, 1.807) is 46.5 Å². The van der Waals surface area contributed by atoms with Crippen LogP contribution < -0.4 is 19.5 Å². The molecule has 0 spiro atoms. The van der Waals surface area contributed by atoms with Crippen molar-refractivity contribution in [2.24, 2.45) is 0 Å². The summed E-state index contributed by atoms with van der Waals surface area (Å²) in [5, 5.41) is 3.75. The summed E-state index contributed by atoms with van der Waals surface area (Å²) in [4.78, 5) is 4.12. The van der Waals surface area contributed by atoms with Gasteiger partial charge in [0.05, 0.1) is 21.3 Å². The van der Waals surface area contributed by atoms with Crippen LogP contribution in [0.15, 0.2) is 30.3 Å². The van der Waals surface area contributed by atoms with Gasteiger partial charge in [-0.3, -0.25) is 0 Å². The number of hydrogen-bond donors (Lipinski definition) is 1. The van der Waals surface area contributed by atoms with Crippen molar-refractivity contribution in [2.75, 3.05) is 26.6 Å². The number of nitrogens with one attached hydrogen (secondary N) is 1. The van der Waals surface area contributed by atoms with Crippen LogP contribution in [0.2, 0.25) is 0 Å². The molecule has 0 radical (unpaired) electrons. The van der Waals surface area contributed by atoms with Crippen LogP contribution in [0.5, 0.6) is 17.2 Å². The molecular formula is C20H20F2N2O3. The molecule has 27 heavy (non-hydrogen) atoms. The van der Waals surface area contributed by atoms with E-state index in [4.69, 9.17) is 14.2 Å². The molecule has 0 saturated carbocycles. The third-order valence-corrected chi connectivity index (χ3v) is 4.26. The van der Waals surface area contributed by atoms with Crippen LogP contribution in [0.4, 0.5) is 14.5 Å². The van der Waals surface area contributed by atoms with Crippen molar-refractivity contribution >= 4 is 16.6 Å². The summed E-state index contributed by atoms with van der Waals surface area (Å²) in [6.07, 6.45) is 0. The Morgan fingerprint density at radius 3 is 2.26 bits per heavy atom. The van der Waals surface area contributed by atoms with Crippen molar-refractivity contribution in [3.63, 3.8) is 0 Å². The van der Waals surface area contributed by atoms with Crippen LogP contribution in [0.3, 0.4) is 0 Å². The first kappa shape index (κ1) is 18.7. The van der Waals surface area contributed by atoms with Gasteiger partial charge in [-0.25, -0.2) is 13.8 Å². The summed E-state index contributed by atoms with van der Waals surface area (Å²) in [5.74, 6) is -0.136. The highest BCUT2D eigenvalue weighted by atomic mass is 19.2. The summed E-state index contributed by atoms with van der Waals surface area (Å²) >= 11 is 0. The molecule has 0 aliphatic heterocycles. The monoisotopic (exact) mass is 374 g/mol. The van der Waals surface area contributed by atoms with Crippen molar-refractivity contribution in [2.45, 2.75) is 13.5 Å². The number of aryl methyl sites for hydroxylation is 1. The second kappa shape index (κ2) is 7.65. The lowest BCUT2D eigenvalue weighted by molar-refractivity contribution is 0.347. The summed E-state index contributed by atoms with van der Waals surface area (Å²) in [5.41, 5.74) is 2.04. The normalized spacial score (nSPS) is 10.7. The minimum atomic E-state index is -0.956. The molecule has 1 aromatic heterocycles. The summed E-state index contributed by atoms with van der Waals surface area (Å²) in [6, 6.07) is 7.93. The smallest absolute Gasteiger partial charge is 0.185 e. The highest BCUT2D eigenvalue weighted by Crippen LogP contribution is 2.35. The van der Waals surface area contributed by atoms with Gasteiger partial charge in [0.15, 0.2) is 23.1 Å². The quantitative estimate of drug-likeness (QED) is 0.690. The molecule has 0 atom stereocenters. The zero-order chi connectivity index (χ0) is 19.6. The molecule has 142 valence electrons. The zero-order valence-electron chi connectivity index (χ0n) is 15.5. The zero-order valence-corrected chi connectivity index (χ0v) is 15.5. The van der Waals surface area contributed by atoms with E-state index in [0.29, 0.717) is 40.6 Å². The standard InChI is InChI=1S/C20H20F2N2O3/c1-11-7-15(13-5-6-14(21)19(22)20(13)24-11)23-10-12-8-17(26-3)18(27-4)9-16(12)25-2/h5-9H,10H2,1-4H3,(H,23,24). The number of aromatic nitrogens is 1. The van der Waals surface area contributed by atoms with E-state index in [9.17, 15) is 8.78 Å². The Labute approximate surface area is 155 Å². The second-order valence-corrected chi connectivity index (χ2v) is 5.94. The van der Waals surface area contributed by atoms with Gasteiger partial charge >= 0.3 is 0 Å². The van der Waals surface area contributed by atoms with Gasteiger partial charge in [-0.15, -0.1) is 0 Å². The topological polar surface area (TPSA) is 52.6 Å². The average Bonchev–Trinajstić information content (AvgIpc) is 2.68. The number of benzene rings is 2. The number of ether oxygens (including phenoxy) is 3. The third-order valence-electron chi connectivity index (χ3n) is 4.26. The van der Waals surface area contributed by atoms with Gasteiger partial charge < -0.3 is 19.5 Å².